The first-order valence-corrected chi connectivity index (χ1v) is 9.04. The number of aryl methyl sites for hydroxylation is 1. The highest BCUT2D eigenvalue weighted by Gasteiger charge is 2.14. The van der Waals surface area contributed by atoms with Gasteiger partial charge in [0.2, 0.25) is 0 Å². The van der Waals surface area contributed by atoms with Gasteiger partial charge in [0.05, 0.1) is 25.7 Å². The van der Waals surface area contributed by atoms with E-state index in [1.807, 2.05) is 19.1 Å². The Morgan fingerprint density at radius 1 is 1.03 bits per heavy atom. The Balaban J connectivity index is 1.68. The molecule has 2 aromatic rings. The number of hydrogen-bond donors (Lipinski definition) is 2. The molecule has 0 atom stereocenters. The third kappa shape index (κ3) is 7.34. The van der Waals surface area contributed by atoms with Crippen LogP contribution in [0.3, 0.4) is 0 Å². The summed E-state index contributed by atoms with van der Waals surface area (Å²) in [4.78, 5) is 35.5. The fourth-order valence-electron chi connectivity index (χ4n) is 2.19. The van der Waals surface area contributed by atoms with Crippen LogP contribution in [-0.2, 0) is 14.3 Å². The van der Waals surface area contributed by atoms with E-state index in [-0.39, 0.29) is 18.6 Å². The number of benzene rings is 2. The predicted molar refractivity (Wildman–Crippen MR) is 106 cm³/mol. The molecule has 0 saturated carbocycles. The molecule has 0 aromatic heterocycles. The minimum Gasteiger partial charge on any atom is -0.496 e. The summed E-state index contributed by atoms with van der Waals surface area (Å²) in [5.41, 5.74) is 5.59. The smallest absolute Gasteiger partial charge is 0.309 e. The lowest BCUT2D eigenvalue weighted by atomic mass is 10.2. The van der Waals surface area contributed by atoms with Crippen LogP contribution >= 0.6 is 11.6 Å². The summed E-state index contributed by atoms with van der Waals surface area (Å²) < 4.78 is 15.3. The van der Waals surface area contributed by atoms with Crippen LogP contribution in [0.4, 0.5) is 0 Å². The highest BCUT2D eigenvalue weighted by molar-refractivity contribution is 6.31. The van der Waals surface area contributed by atoms with E-state index >= 15 is 0 Å². The molecule has 0 bridgehead atoms. The molecule has 0 saturated heterocycles. The van der Waals surface area contributed by atoms with Gasteiger partial charge in [-0.15, -0.1) is 0 Å². The molecule has 0 unspecified atom stereocenters. The van der Waals surface area contributed by atoms with Gasteiger partial charge in [0.1, 0.15) is 11.5 Å². The van der Waals surface area contributed by atoms with Crippen molar-refractivity contribution in [3.8, 4) is 11.5 Å². The first kappa shape index (κ1) is 22.0. The number of rotatable bonds is 8. The SMILES string of the molecule is COc1ccc(Cl)cc1C(=O)NNC(=O)COC(=O)CCOc1ccc(C)cc1. The van der Waals surface area contributed by atoms with E-state index < -0.39 is 24.4 Å². The summed E-state index contributed by atoms with van der Waals surface area (Å²) >= 11 is 5.86. The number of esters is 1. The maximum Gasteiger partial charge on any atom is 0.309 e. The number of methoxy groups -OCH3 is 1. The van der Waals surface area contributed by atoms with Crippen LogP contribution < -0.4 is 20.3 Å². The molecule has 2 aromatic carbocycles. The first-order chi connectivity index (χ1) is 13.9. The molecule has 29 heavy (non-hydrogen) atoms. The van der Waals surface area contributed by atoms with Gasteiger partial charge in [0, 0.05) is 5.02 Å². The summed E-state index contributed by atoms with van der Waals surface area (Å²) in [6, 6.07) is 11.9. The monoisotopic (exact) mass is 420 g/mol. The van der Waals surface area contributed by atoms with E-state index in [0.29, 0.717) is 16.5 Å². The summed E-state index contributed by atoms with van der Waals surface area (Å²) in [5.74, 6) is -1.00. The largest absolute Gasteiger partial charge is 0.496 e. The van der Waals surface area contributed by atoms with E-state index in [1.165, 1.54) is 19.2 Å². The highest BCUT2D eigenvalue weighted by atomic mass is 35.5. The molecule has 154 valence electrons. The number of nitrogens with one attached hydrogen (secondary N) is 2. The standard InChI is InChI=1S/C20H21ClN2O6/c1-13-3-6-15(7-4-13)28-10-9-19(25)29-12-18(24)22-23-20(26)16-11-14(21)5-8-17(16)27-2/h3-8,11H,9-10,12H2,1-2H3,(H,22,24)(H,23,26). The van der Waals surface area contributed by atoms with E-state index in [1.54, 1.807) is 18.2 Å². The maximum atomic E-state index is 12.1. The quantitative estimate of drug-likeness (QED) is 0.502. The van der Waals surface area contributed by atoms with Gasteiger partial charge >= 0.3 is 5.97 Å². The molecular weight excluding hydrogens is 400 g/mol. The van der Waals surface area contributed by atoms with Crippen molar-refractivity contribution in [3.63, 3.8) is 0 Å². The van der Waals surface area contributed by atoms with Crippen LogP contribution in [0.25, 0.3) is 0 Å². The van der Waals surface area contributed by atoms with E-state index in [0.717, 1.165) is 5.56 Å². The summed E-state index contributed by atoms with van der Waals surface area (Å²) in [7, 11) is 1.40. The van der Waals surface area contributed by atoms with E-state index in [9.17, 15) is 14.4 Å². The summed E-state index contributed by atoms with van der Waals surface area (Å²) in [6.45, 7) is 1.53. The Morgan fingerprint density at radius 2 is 1.76 bits per heavy atom. The number of halogens is 1. The summed E-state index contributed by atoms with van der Waals surface area (Å²) in [6.07, 6.45) is -0.0206. The van der Waals surface area contributed by atoms with Gasteiger partial charge in [-0.1, -0.05) is 29.3 Å². The average Bonchev–Trinajstić information content (AvgIpc) is 2.71. The van der Waals surface area contributed by atoms with Gasteiger partial charge in [-0.3, -0.25) is 25.2 Å². The molecule has 0 spiro atoms. The molecule has 0 aliphatic heterocycles. The van der Waals surface area contributed by atoms with Gasteiger partial charge in [-0.25, -0.2) is 0 Å². The number of carbonyl (C=O) groups is 3. The fourth-order valence-corrected chi connectivity index (χ4v) is 2.36. The lowest BCUT2D eigenvalue weighted by Gasteiger charge is -2.11. The van der Waals surface area contributed by atoms with Crippen molar-refractivity contribution in [2.24, 2.45) is 0 Å². The lowest BCUT2D eigenvalue weighted by Crippen LogP contribution is -2.43. The maximum absolute atomic E-state index is 12.1. The Kier molecular flexibility index (Phi) is 8.29. The van der Waals surface area contributed by atoms with Crippen LogP contribution in [0.5, 0.6) is 11.5 Å². The molecule has 9 heteroatoms. The Bertz CT molecular complexity index is 870. The molecule has 0 fully saturated rings. The summed E-state index contributed by atoms with van der Waals surface area (Å²) in [5, 5.41) is 0.337. The van der Waals surface area contributed by atoms with E-state index in [4.69, 9.17) is 25.8 Å². The van der Waals surface area contributed by atoms with Gasteiger partial charge in [0.25, 0.3) is 11.8 Å². The third-order valence-corrected chi connectivity index (χ3v) is 3.92. The van der Waals surface area contributed by atoms with Crippen LogP contribution in [0.2, 0.25) is 5.02 Å². The second kappa shape index (κ2) is 10.9. The van der Waals surface area contributed by atoms with Crippen molar-refractivity contribution >= 4 is 29.4 Å². The van der Waals surface area contributed by atoms with Crippen molar-refractivity contribution in [2.45, 2.75) is 13.3 Å². The number of carbonyl (C=O) groups excluding carboxylic acids is 3. The normalized spacial score (nSPS) is 10.0. The van der Waals surface area contributed by atoms with Crippen molar-refractivity contribution < 1.29 is 28.6 Å². The lowest BCUT2D eigenvalue weighted by molar-refractivity contribution is -0.149. The minimum atomic E-state index is -0.702. The Morgan fingerprint density at radius 3 is 2.45 bits per heavy atom. The molecule has 0 heterocycles. The van der Waals surface area contributed by atoms with Crippen LogP contribution in [0, 0.1) is 6.92 Å². The van der Waals surface area contributed by atoms with Crippen LogP contribution in [0.15, 0.2) is 42.5 Å². The Hall–Kier alpha value is -3.26. The molecular formula is C20H21ClN2O6. The molecule has 0 aliphatic rings. The fraction of sp³-hybridized carbons (Fsp3) is 0.250. The van der Waals surface area contributed by atoms with Gasteiger partial charge in [0.15, 0.2) is 6.61 Å². The highest BCUT2D eigenvalue weighted by Crippen LogP contribution is 2.22. The second-order valence-electron chi connectivity index (χ2n) is 5.92. The Labute approximate surface area is 173 Å². The van der Waals surface area contributed by atoms with Crippen molar-refractivity contribution in [3.05, 3.63) is 58.6 Å². The predicted octanol–water partition coefficient (Wildman–Crippen LogP) is 2.43. The van der Waals surface area contributed by atoms with Gasteiger partial charge in [-0.05, 0) is 37.3 Å². The molecule has 2 rings (SSSR count). The van der Waals surface area contributed by atoms with Crippen molar-refractivity contribution in [2.75, 3.05) is 20.3 Å². The molecule has 8 nitrogen and oxygen atoms in total. The number of hydrogen-bond acceptors (Lipinski definition) is 6. The zero-order valence-electron chi connectivity index (χ0n) is 16.0. The zero-order chi connectivity index (χ0) is 21.2. The number of amides is 2. The van der Waals surface area contributed by atoms with Crippen LogP contribution in [-0.4, -0.2) is 38.1 Å². The second-order valence-corrected chi connectivity index (χ2v) is 6.36. The molecule has 0 radical (unpaired) electrons. The van der Waals surface area contributed by atoms with E-state index in [2.05, 4.69) is 10.9 Å². The average molecular weight is 421 g/mol. The first-order valence-electron chi connectivity index (χ1n) is 8.67. The minimum absolute atomic E-state index is 0.0206. The molecule has 0 aliphatic carbocycles. The van der Waals surface area contributed by atoms with Crippen molar-refractivity contribution in [1.29, 1.82) is 0 Å². The van der Waals surface area contributed by atoms with Gasteiger partial charge < -0.3 is 14.2 Å². The molecule has 2 N–H and O–H groups in total. The van der Waals surface area contributed by atoms with Crippen molar-refractivity contribution in [1.82, 2.24) is 10.9 Å². The zero-order valence-corrected chi connectivity index (χ0v) is 16.7. The molecule has 2 amide bonds. The number of hydrazine groups is 1. The van der Waals surface area contributed by atoms with Crippen LogP contribution in [0.1, 0.15) is 22.3 Å². The van der Waals surface area contributed by atoms with Gasteiger partial charge in [-0.2, -0.15) is 0 Å². The third-order valence-electron chi connectivity index (χ3n) is 3.68. The topological polar surface area (TPSA) is 103 Å². The number of ether oxygens (including phenoxy) is 3.